The minimum Gasteiger partial charge on any atom is -0.356 e. The van der Waals surface area contributed by atoms with Gasteiger partial charge in [-0.25, -0.2) is 4.99 Å². The molecule has 0 aliphatic carbocycles. The van der Waals surface area contributed by atoms with E-state index in [1.165, 1.54) is 0 Å². The van der Waals surface area contributed by atoms with Crippen LogP contribution < -0.4 is 10.6 Å². The molecule has 0 saturated heterocycles. The maximum absolute atomic E-state index is 10.2. The summed E-state index contributed by atoms with van der Waals surface area (Å²) in [6.45, 7) is 0.128. The van der Waals surface area contributed by atoms with Gasteiger partial charge < -0.3 is 5.32 Å². The molecule has 0 saturated carbocycles. The third-order valence-electron chi connectivity index (χ3n) is 3.09. The average Bonchev–Trinajstić information content (AvgIpc) is 2.76. The van der Waals surface area contributed by atoms with Gasteiger partial charge in [-0.15, -0.1) is 4.91 Å². The smallest absolute Gasteiger partial charge is 0.132 e. The number of hydrogen-bond donors (Lipinski definition) is 2. The SMILES string of the molecule is O=NCNC1CC2=C(N=CC=C(c3ccccc3)N2)S1. The van der Waals surface area contributed by atoms with Crippen LogP contribution in [-0.2, 0) is 0 Å². The molecule has 0 spiro atoms. The Morgan fingerprint density at radius 2 is 2.25 bits per heavy atom. The van der Waals surface area contributed by atoms with Crippen LogP contribution in [0, 0.1) is 4.91 Å². The van der Waals surface area contributed by atoms with Crippen LogP contribution in [0.1, 0.15) is 12.0 Å². The van der Waals surface area contributed by atoms with Crippen molar-refractivity contribution in [1.82, 2.24) is 10.6 Å². The number of nitrogens with zero attached hydrogens (tertiary/aromatic N) is 2. The zero-order valence-electron chi connectivity index (χ0n) is 10.7. The van der Waals surface area contributed by atoms with Crippen LogP contribution >= 0.6 is 11.8 Å². The molecular weight excluding hydrogens is 272 g/mol. The van der Waals surface area contributed by atoms with Crippen LogP contribution in [0.5, 0.6) is 0 Å². The van der Waals surface area contributed by atoms with Crippen LogP contribution in [0.25, 0.3) is 5.70 Å². The minimum atomic E-state index is 0.128. The number of rotatable bonds is 4. The second-order valence-corrected chi connectivity index (χ2v) is 5.63. The molecule has 1 unspecified atom stereocenters. The first-order valence-corrected chi connectivity index (χ1v) is 7.24. The van der Waals surface area contributed by atoms with Gasteiger partial charge in [-0.1, -0.05) is 47.3 Å². The number of allylic oxidation sites excluding steroid dienone is 1. The summed E-state index contributed by atoms with van der Waals surface area (Å²) < 4.78 is 0. The molecule has 1 atom stereocenters. The normalized spacial score (nSPS) is 21.0. The fraction of sp³-hybridized carbons (Fsp3) is 0.214. The van der Waals surface area contributed by atoms with Gasteiger partial charge in [0.2, 0.25) is 0 Å². The van der Waals surface area contributed by atoms with Gasteiger partial charge in [0.15, 0.2) is 0 Å². The lowest BCUT2D eigenvalue weighted by Gasteiger charge is -2.12. The highest BCUT2D eigenvalue weighted by Gasteiger charge is 2.26. The molecule has 1 aromatic carbocycles. The molecule has 0 aromatic heterocycles. The first-order chi connectivity index (χ1) is 9.86. The third-order valence-corrected chi connectivity index (χ3v) is 4.28. The standard InChI is InChI=1S/C14H14N4OS/c19-17-9-16-13-8-12-14(20-13)15-7-6-11(18-12)10-4-2-1-3-5-10/h1-7,13,16,18H,8-9H2. The maximum Gasteiger partial charge on any atom is 0.132 e. The zero-order chi connectivity index (χ0) is 13.8. The largest absolute Gasteiger partial charge is 0.356 e. The predicted octanol–water partition coefficient (Wildman–Crippen LogP) is 2.65. The van der Waals surface area contributed by atoms with Crippen molar-refractivity contribution in [3.63, 3.8) is 0 Å². The van der Waals surface area contributed by atoms with Crippen LogP contribution in [0.15, 0.2) is 57.3 Å². The summed E-state index contributed by atoms with van der Waals surface area (Å²) in [4.78, 5) is 14.6. The van der Waals surface area contributed by atoms with Crippen molar-refractivity contribution < 1.29 is 0 Å². The molecule has 2 aliphatic rings. The van der Waals surface area contributed by atoms with Gasteiger partial charge in [-0.05, 0) is 11.6 Å². The van der Waals surface area contributed by atoms with E-state index in [-0.39, 0.29) is 12.0 Å². The molecule has 0 fully saturated rings. The summed E-state index contributed by atoms with van der Waals surface area (Å²) in [5.41, 5.74) is 3.25. The summed E-state index contributed by atoms with van der Waals surface area (Å²) in [6.07, 6.45) is 4.59. The molecule has 2 aliphatic heterocycles. The summed E-state index contributed by atoms with van der Waals surface area (Å²) in [5.74, 6) is 0. The van der Waals surface area contributed by atoms with E-state index in [9.17, 15) is 4.91 Å². The maximum atomic E-state index is 10.2. The molecule has 3 rings (SSSR count). The Balaban J connectivity index is 1.74. The summed E-state index contributed by atoms with van der Waals surface area (Å²) >= 11 is 1.62. The van der Waals surface area contributed by atoms with E-state index in [1.54, 1.807) is 11.8 Å². The second-order valence-electron chi connectivity index (χ2n) is 4.44. The first kappa shape index (κ1) is 13.1. The van der Waals surface area contributed by atoms with Gasteiger partial charge in [0, 0.05) is 18.3 Å². The molecule has 2 N–H and O–H groups in total. The number of nitroso groups, excluding NO2 is 1. The van der Waals surface area contributed by atoms with E-state index < -0.39 is 0 Å². The van der Waals surface area contributed by atoms with Crippen molar-refractivity contribution in [2.75, 3.05) is 6.67 Å². The van der Waals surface area contributed by atoms with Crippen LogP contribution in [0.3, 0.4) is 0 Å². The van der Waals surface area contributed by atoms with Crippen molar-refractivity contribution in [3.05, 3.63) is 57.6 Å². The lowest BCUT2D eigenvalue weighted by molar-refractivity contribution is 0.654. The molecule has 5 nitrogen and oxygen atoms in total. The van der Waals surface area contributed by atoms with E-state index in [0.29, 0.717) is 0 Å². The Kier molecular flexibility index (Phi) is 3.94. The highest BCUT2D eigenvalue weighted by molar-refractivity contribution is 8.03. The molecule has 102 valence electrons. The number of nitrogens with one attached hydrogen (secondary N) is 2. The Morgan fingerprint density at radius 3 is 3.05 bits per heavy atom. The van der Waals surface area contributed by atoms with Crippen molar-refractivity contribution in [3.8, 4) is 0 Å². The van der Waals surface area contributed by atoms with E-state index in [4.69, 9.17) is 0 Å². The molecule has 2 heterocycles. The molecule has 0 bridgehead atoms. The second kappa shape index (κ2) is 6.02. The van der Waals surface area contributed by atoms with Crippen LogP contribution in [0.2, 0.25) is 0 Å². The minimum absolute atomic E-state index is 0.128. The van der Waals surface area contributed by atoms with Gasteiger partial charge in [0.1, 0.15) is 11.7 Å². The fourth-order valence-electron chi connectivity index (χ4n) is 2.16. The van der Waals surface area contributed by atoms with Crippen LogP contribution in [-0.4, -0.2) is 18.3 Å². The number of aliphatic imine (C=N–C) groups is 1. The van der Waals surface area contributed by atoms with Gasteiger partial charge in [0.05, 0.1) is 11.1 Å². The zero-order valence-corrected chi connectivity index (χ0v) is 11.6. The summed E-state index contributed by atoms with van der Waals surface area (Å²) in [6, 6.07) is 10.1. The van der Waals surface area contributed by atoms with Gasteiger partial charge in [-0.2, -0.15) is 0 Å². The van der Waals surface area contributed by atoms with Crippen molar-refractivity contribution >= 4 is 23.7 Å². The molecule has 6 heteroatoms. The van der Waals surface area contributed by atoms with Gasteiger partial charge in [0.25, 0.3) is 0 Å². The highest BCUT2D eigenvalue weighted by Crippen LogP contribution is 2.37. The third kappa shape index (κ3) is 2.81. The molecule has 0 radical (unpaired) electrons. The Labute approximate surface area is 121 Å². The van der Waals surface area contributed by atoms with Crippen molar-refractivity contribution in [1.29, 1.82) is 0 Å². The van der Waals surface area contributed by atoms with Crippen LogP contribution in [0.4, 0.5) is 0 Å². The van der Waals surface area contributed by atoms with E-state index in [2.05, 4.69) is 32.9 Å². The molecule has 20 heavy (non-hydrogen) atoms. The lowest BCUT2D eigenvalue weighted by atomic mass is 10.1. The summed E-state index contributed by atoms with van der Waals surface area (Å²) in [5, 5.41) is 10.5. The predicted molar refractivity (Wildman–Crippen MR) is 82.9 cm³/mol. The summed E-state index contributed by atoms with van der Waals surface area (Å²) in [7, 11) is 0. The van der Waals surface area contributed by atoms with E-state index in [0.717, 1.165) is 28.4 Å². The number of hydrogen-bond acceptors (Lipinski definition) is 6. The first-order valence-electron chi connectivity index (χ1n) is 6.36. The van der Waals surface area contributed by atoms with Gasteiger partial charge in [-0.3, -0.25) is 5.32 Å². The van der Waals surface area contributed by atoms with E-state index in [1.807, 2.05) is 30.5 Å². The van der Waals surface area contributed by atoms with Crippen molar-refractivity contribution in [2.45, 2.75) is 11.8 Å². The van der Waals surface area contributed by atoms with Gasteiger partial charge >= 0.3 is 0 Å². The van der Waals surface area contributed by atoms with Crippen molar-refractivity contribution in [2.24, 2.45) is 10.2 Å². The number of benzene rings is 1. The molecule has 0 amide bonds. The monoisotopic (exact) mass is 286 g/mol. The molecular formula is C14H14N4OS. The quantitative estimate of drug-likeness (QED) is 0.835. The number of thioether (sulfide) groups is 1. The van der Waals surface area contributed by atoms with E-state index >= 15 is 0 Å². The topological polar surface area (TPSA) is 65.8 Å². The fourth-order valence-corrected chi connectivity index (χ4v) is 3.23. The molecule has 1 aromatic rings. The Bertz CT molecular complexity index is 594. The average molecular weight is 286 g/mol. The lowest BCUT2D eigenvalue weighted by Crippen LogP contribution is -2.25. The Hall–Kier alpha value is -1.92. The highest BCUT2D eigenvalue weighted by atomic mass is 32.2. The Morgan fingerprint density at radius 1 is 1.40 bits per heavy atom.